The van der Waals surface area contributed by atoms with Gasteiger partial charge < -0.3 is 5.32 Å². The molecule has 0 aliphatic carbocycles. The van der Waals surface area contributed by atoms with E-state index in [9.17, 15) is 8.42 Å². The Kier molecular flexibility index (Phi) is 5.54. The summed E-state index contributed by atoms with van der Waals surface area (Å²) in [5.41, 5.74) is 1.19. The zero-order valence-corrected chi connectivity index (χ0v) is 13.1. The maximum atomic E-state index is 12.6. The van der Waals surface area contributed by atoms with Crippen LogP contribution in [0.15, 0.2) is 23.1 Å². The Hall–Kier alpha value is -1.13. The van der Waals surface area contributed by atoms with Crippen molar-refractivity contribution in [3.63, 3.8) is 0 Å². The second kappa shape index (κ2) is 6.55. The van der Waals surface area contributed by atoms with Gasteiger partial charge in [0.05, 0.1) is 16.5 Å². The molecule has 20 heavy (non-hydrogen) atoms. The van der Waals surface area contributed by atoms with E-state index < -0.39 is 10.0 Å². The van der Waals surface area contributed by atoms with Gasteiger partial charge in [0.2, 0.25) is 10.0 Å². The number of nitrogens with zero attached hydrogens (tertiary/aromatic N) is 2. The Morgan fingerprint density at radius 2 is 2.15 bits per heavy atom. The minimum absolute atomic E-state index is 0. The largest absolute Gasteiger partial charge is 0.314 e. The highest BCUT2D eigenvalue weighted by atomic mass is 35.5. The third kappa shape index (κ3) is 3.13. The van der Waals surface area contributed by atoms with Crippen molar-refractivity contribution in [1.29, 1.82) is 5.26 Å². The molecule has 1 fully saturated rings. The van der Waals surface area contributed by atoms with Crippen LogP contribution >= 0.6 is 12.4 Å². The fourth-order valence-electron chi connectivity index (χ4n) is 2.24. The van der Waals surface area contributed by atoms with Crippen molar-refractivity contribution in [2.24, 2.45) is 0 Å². The zero-order valence-electron chi connectivity index (χ0n) is 11.5. The lowest BCUT2D eigenvalue weighted by atomic mass is 10.1. The lowest BCUT2D eigenvalue weighted by Crippen LogP contribution is -2.52. The molecular weight excluding hydrogens is 298 g/mol. The average Bonchev–Trinajstić information content (AvgIpc) is 2.39. The Morgan fingerprint density at radius 3 is 2.70 bits per heavy atom. The maximum absolute atomic E-state index is 12.6. The fourth-order valence-corrected chi connectivity index (χ4v) is 3.95. The van der Waals surface area contributed by atoms with Crippen LogP contribution < -0.4 is 5.32 Å². The van der Waals surface area contributed by atoms with Crippen LogP contribution in [0.5, 0.6) is 0 Å². The molecular formula is C13H18ClN3O2S. The van der Waals surface area contributed by atoms with Gasteiger partial charge in [-0.25, -0.2) is 8.42 Å². The van der Waals surface area contributed by atoms with Gasteiger partial charge in [0, 0.05) is 25.7 Å². The van der Waals surface area contributed by atoms with E-state index in [4.69, 9.17) is 5.26 Å². The van der Waals surface area contributed by atoms with Gasteiger partial charge in [-0.2, -0.15) is 9.57 Å². The second-order valence-electron chi connectivity index (χ2n) is 4.76. The van der Waals surface area contributed by atoms with Crippen molar-refractivity contribution in [1.82, 2.24) is 9.62 Å². The van der Waals surface area contributed by atoms with Crippen LogP contribution in [0.3, 0.4) is 0 Å². The van der Waals surface area contributed by atoms with Crippen molar-refractivity contribution < 1.29 is 8.42 Å². The molecule has 0 amide bonds. The first-order valence-corrected chi connectivity index (χ1v) is 7.64. The van der Waals surface area contributed by atoms with Crippen LogP contribution in [0.2, 0.25) is 0 Å². The van der Waals surface area contributed by atoms with Gasteiger partial charge in [-0.1, -0.05) is 0 Å². The number of hydrogen-bond donors (Lipinski definition) is 1. The number of hydrogen-bond acceptors (Lipinski definition) is 4. The van der Waals surface area contributed by atoms with Gasteiger partial charge in [-0.15, -0.1) is 12.4 Å². The van der Waals surface area contributed by atoms with E-state index in [0.717, 1.165) is 0 Å². The molecule has 2 rings (SSSR count). The Balaban J connectivity index is 0.00000200. The van der Waals surface area contributed by atoms with E-state index in [1.54, 1.807) is 19.1 Å². The van der Waals surface area contributed by atoms with E-state index in [2.05, 4.69) is 5.32 Å². The summed E-state index contributed by atoms with van der Waals surface area (Å²) < 4.78 is 26.6. The third-order valence-corrected chi connectivity index (χ3v) is 5.37. The fraction of sp³-hybridized carbons (Fsp3) is 0.462. The van der Waals surface area contributed by atoms with E-state index in [-0.39, 0.29) is 23.3 Å². The molecule has 0 spiro atoms. The molecule has 0 aromatic heterocycles. The Bertz CT molecular complexity index is 625. The van der Waals surface area contributed by atoms with Gasteiger partial charge in [0.25, 0.3) is 0 Å². The molecule has 0 bridgehead atoms. The second-order valence-corrected chi connectivity index (χ2v) is 6.65. The van der Waals surface area contributed by atoms with Gasteiger partial charge in [-0.05, 0) is 37.6 Å². The van der Waals surface area contributed by atoms with Gasteiger partial charge in [0.15, 0.2) is 0 Å². The number of nitriles is 1. The number of nitrogens with one attached hydrogen (secondary N) is 1. The predicted molar refractivity (Wildman–Crippen MR) is 79.4 cm³/mol. The monoisotopic (exact) mass is 315 g/mol. The van der Waals surface area contributed by atoms with E-state index in [1.807, 2.05) is 13.0 Å². The quantitative estimate of drug-likeness (QED) is 0.892. The van der Waals surface area contributed by atoms with E-state index in [0.29, 0.717) is 30.8 Å². The molecule has 1 saturated heterocycles. The minimum atomic E-state index is -3.47. The number of halogens is 1. The number of piperazine rings is 1. The molecule has 0 radical (unpaired) electrons. The smallest absolute Gasteiger partial charge is 0.243 e. The van der Waals surface area contributed by atoms with E-state index >= 15 is 0 Å². The van der Waals surface area contributed by atoms with Crippen molar-refractivity contribution >= 4 is 22.4 Å². The van der Waals surface area contributed by atoms with Crippen LogP contribution in [0.4, 0.5) is 0 Å². The lowest BCUT2D eigenvalue weighted by molar-refractivity contribution is 0.284. The Morgan fingerprint density at radius 1 is 1.45 bits per heavy atom. The number of sulfonamides is 1. The van der Waals surface area contributed by atoms with E-state index in [1.165, 1.54) is 10.4 Å². The van der Waals surface area contributed by atoms with Crippen molar-refractivity contribution in [3.8, 4) is 6.07 Å². The SMILES string of the molecule is Cc1cc(S(=O)(=O)N2CCNCC2C)ccc1C#N.Cl. The molecule has 1 aliphatic heterocycles. The van der Waals surface area contributed by atoms with Crippen LogP contribution in [-0.2, 0) is 10.0 Å². The first kappa shape index (κ1) is 16.9. The van der Waals surface area contributed by atoms with Gasteiger partial charge in [-0.3, -0.25) is 0 Å². The summed E-state index contributed by atoms with van der Waals surface area (Å²) in [6, 6.07) is 6.63. The molecule has 7 heteroatoms. The standard InChI is InChI=1S/C13H17N3O2S.ClH/c1-10-7-13(4-3-12(10)8-14)19(17,18)16-6-5-15-9-11(16)2;/h3-4,7,11,15H,5-6,9H2,1-2H3;1H. The van der Waals surface area contributed by atoms with Crippen LogP contribution in [0.1, 0.15) is 18.1 Å². The summed E-state index contributed by atoms with van der Waals surface area (Å²) >= 11 is 0. The van der Waals surface area contributed by atoms with Crippen LogP contribution in [-0.4, -0.2) is 38.4 Å². The third-order valence-electron chi connectivity index (χ3n) is 3.37. The zero-order chi connectivity index (χ0) is 14.0. The minimum Gasteiger partial charge on any atom is -0.314 e. The topological polar surface area (TPSA) is 73.2 Å². The summed E-state index contributed by atoms with van der Waals surface area (Å²) in [5.74, 6) is 0. The average molecular weight is 316 g/mol. The predicted octanol–water partition coefficient (Wildman–Crippen LogP) is 1.27. The highest BCUT2D eigenvalue weighted by Gasteiger charge is 2.30. The molecule has 1 aliphatic rings. The van der Waals surface area contributed by atoms with Gasteiger partial charge in [0.1, 0.15) is 0 Å². The summed E-state index contributed by atoms with van der Waals surface area (Å²) in [4.78, 5) is 0.262. The van der Waals surface area contributed by atoms with Gasteiger partial charge >= 0.3 is 0 Å². The van der Waals surface area contributed by atoms with Crippen LogP contribution in [0, 0.1) is 18.3 Å². The molecule has 1 heterocycles. The lowest BCUT2D eigenvalue weighted by Gasteiger charge is -2.32. The maximum Gasteiger partial charge on any atom is 0.243 e. The highest BCUT2D eigenvalue weighted by molar-refractivity contribution is 7.89. The molecule has 110 valence electrons. The van der Waals surface area contributed by atoms with Crippen molar-refractivity contribution in [2.45, 2.75) is 24.8 Å². The first-order valence-electron chi connectivity index (χ1n) is 6.20. The number of rotatable bonds is 2. The molecule has 1 aromatic rings. The summed E-state index contributed by atoms with van der Waals surface area (Å²) in [7, 11) is -3.47. The molecule has 5 nitrogen and oxygen atoms in total. The number of benzene rings is 1. The van der Waals surface area contributed by atoms with Crippen molar-refractivity contribution in [2.75, 3.05) is 19.6 Å². The van der Waals surface area contributed by atoms with Crippen molar-refractivity contribution in [3.05, 3.63) is 29.3 Å². The Labute approximate surface area is 126 Å². The number of aryl methyl sites for hydroxylation is 1. The summed E-state index contributed by atoms with van der Waals surface area (Å²) in [6.07, 6.45) is 0. The first-order chi connectivity index (χ1) is 8.96. The van der Waals surface area contributed by atoms with Crippen LogP contribution in [0.25, 0.3) is 0 Å². The highest BCUT2D eigenvalue weighted by Crippen LogP contribution is 2.21. The molecule has 1 atom stereocenters. The normalized spacial score (nSPS) is 19.9. The summed E-state index contributed by atoms with van der Waals surface area (Å²) in [5, 5.41) is 12.1. The molecule has 0 saturated carbocycles. The molecule has 1 aromatic carbocycles. The molecule has 1 N–H and O–H groups in total. The molecule has 1 unspecified atom stereocenters. The summed E-state index contributed by atoms with van der Waals surface area (Å²) in [6.45, 7) is 5.44.